The van der Waals surface area contributed by atoms with Gasteiger partial charge in [0.25, 0.3) is 40.1 Å². The van der Waals surface area contributed by atoms with Gasteiger partial charge in [-0.3, -0.25) is 70.3 Å². The Bertz CT molecular complexity index is 4400. The quantitative estimate of drug-likeness (QED) is 0.0729. The van der Waals surface area contributed by atoms with E-state index >= 15 is 0 Å². The smallest absolute Gasteiger partial charge is 0.472 e. The Morgan fingerprint density at radius 3 is 1.19 bits per heavy atom. The summed E-state index contributed by atoms with van der Waals surface area (Å²) in [6.45, 7) is -3.66. The van der Waals surface area contributed by atoms with Gasteiger partial charge in [0.1, 0.15) is 85.1 Å². The number of phosphoric ester groups is 4. The molecule has 14 rings (SSSR count). The van der Waals surface area contributed by atoms with Crippen molar-refractivity contribution in [2.45, 2.75) is 98.2 Å². The summed E-state index contributed by atoms with van der Waals surface area (Å²) in [5.41, 5.74) is 19.8. The molecule has 6 aliphatic heterocycles. The molecular weight excluding hydrogens is 1320 g/mol. The lowest BCUT2D eigenvalue weighted by Gasteiger charge is -2.34. The summed E-state index contributed by atoms with van der Waals surface area (Å²) in [6, 6.07) is 0. The van der Waals surface area contributed by atoms with Crippen molar-refractivity contribution in [2.24, 2.45) is 0 Å². The fourth-order valence-corrected chi connectivity index (χ4v) is 14.4. The molecule has 14 heterocycles. The summed E-state index contributed by atoms with van der Waals surface area (Å²) >= 11 is 0. The lowest BCUT2D eigenvalue weighted by atomic mass is 10.1. The molecular formula is C40H45N20O27P4-3. The summed E-state index contributed by atoms with van der Waals surface area (Å²) in [6.07, 6.45) is -21.0. The molecule has 51 heteroatoms. The van der Waals surface area contributed by atoms with Crippen LogP contribution in [0.2, 0.25) is 0 Å². The molecule has 0 aromatic carbocycles. The SMILES string of the molecule is Nc1nc2c(ncn2[C@@H]2O[C@@H]3COP(=O)([O-])O[C@H]4[C@@H](O)[C@H](n5cnc6c(=O)[nH]c(N)nc65)O[C@@H]4COP(=O)([O-])O[C@H]3[C@H]2O)c(=O)[nH]1.Nc1nc2c(ncn2[C@@H]2O[C@@H]3COP(=O)([O-])O[C@H]4[C@@H](O)[C@H](n5cnc6c(N)ncnc65)O[C@@H]4COP(=O)(O)O[C@@H]2[C@@H]3O)c(=O)[nH]1. The van der Waals surface area contributed by atoms with E-state index in [0.29, 0.717) is 0 Å². The van der Waals surface area contributed by atoms with Crippen molar-refractivity contribution in [3.63, 3.8) is 0 Å². The number of rotatable bonds is 4. The molecule has 490 valence electrons. The number of nitrogens with zero attached hydrogens (tertiary/aromatic N) is 13. The van der Waals surface area contributed by atoms with E-state index in [4.69, 9.17) is 78.1 Å². The Morgan fingerprint density at radius 1 is 0.440 bits per heavy atom. The Hall–Kier alpha value is -7.08. The number of aliphatic hydroxyl groups excluding tert-OH is 4. The second-order valence-corrected chi connectivity index (χ2v) is 25.9. The van der Waals surface area contributed by atoms with Crippen molar-refractivity contribution in [1.29, 1.82) is 0 Å². The Kier molecular flexibility index (Phi) is 16.0. The highest BCUT2D eigenvalue weighted by Crippen LogP contribution is 2.54. The van der Waals surface area contributed by atoms with Crippen LogP contribution in [-0.2, 0) is 73.4 Å². The number of imidazole rings is 4. The molecule has 0 spiro atoms. The first-order chi connectivity index (χ1) is 43.0. The number of nitrogen functional groups attached to an aromatic ring is 4. The van der Waals surface area contributed by atoms with Crippen LogP contribution in [0, 0.1) is 0 Å². The molecule has 6 fully saturated rings. The van der Waals surface area contributed by atoms with Gasteiger partial charge in [0.05, 0.1) is 51.7 Å². The van der Waals surface area contributed by atoms with Crippen molar-refractivity contribution in [2.75, 3.05) is 49.4 Å². The summed E-state index contributed by atoms with van der Waals surface area (Å²) in [5, 5.41) is 44.2. The summed E-state index contributed by atoms with van der Waals surface area (Å²) in [4.78, 5) is 129. The average molecular weight is 1360 g/mol. The minimum atomic E-state index is -5.36. The molecule has 2 bridgehead atoms. The minimum absolute atomic E-state index is 0.0243. The maximum atomic E-state index is 13.2. The number of anilines is 4. The standard InChI is InChI=1S/C20H24N10O14P2.C20H24N10O13P2/c21-19-25-13-7(15(33)27-19)23-3-29(13)17-9(31)11-5(41-17)1-39-45(35,36)44-12-6(2-40-46(37,38)43-11)42-18(10(12)32)30-4-24-8-14(30)26-20(22)28-16(8)34;21-14-8-15(24-3-23-14)29(4-25-8)18-11(32)12-7(41-18)2-39-45(36,37)43-13-10(31)6(1-38-44(34,35)42-12)40-19(13)30-5-26-9-16(30)27-20(22)28-17(9)33/h3-6,9-12,17-18,31-32H,1-2H2,(H,35,36)(H,37,38)(H3,21,25,27,33)(H3,22,26,28,34);3-7,10-13,18-19,31-32H,1-2H2,(H,34,35)(H,36,37)(H2,21,23,24)(H3,22,27,28,33)/p-3/t5-,6-,9-,10-,11-,12-,17-,18-;6-,7-,10-,11-,12-,13-,18-,19-/m11/s1. The first-order valence-electron chi connectivity index (χ1n) is 26.0. The van der Waals surface area contributed by atoms with E-state index in [1.165, 1.54) is 10.9 Å². The predicted molar refractivity (Wildman–Crippen MR) is 283 cm³/mol. The van der Waals surface area contributed by atoms with E-state index in [9.17, 15) is 72.6 Å². The van der Waals surface area contributed by atoms with Gasteiger partial charge in [-0.15, -0.1) is 0 Å². The van der Waals surface area contributed by atoms with Crippen LogP contribution < -0.4 is 54.3 Å². The van der Waals surface area contributed by atoms with E-state index < -0.39 is 173 Å². The number of phosphoric acid groups is 4. The number of ether oxygens (including phenoxy) is 4. The van der Waals surface area contributed by atoms with E-state index in [1.54, 1.807) is 0 Å². The molecule has 16 N–H and O–H groups in total. The van der Waals surface area contributed by atoms with Crippen molar-refractivity contribution in [3.8, 4) is 0 Å². The zero-order chi connectivity index (χ0) is 64.5. The number of H-pyrrole nitrogens is 3. The van der Waals surface area contributed by atoms with Crippen LogP contribution >= 0.6 is 31.3 Å². The van der Waals surface area contributed by atoms with Gasteiger partial charge < -0.3 is 109 Å². The van der Waals surface area contributed by atoms with Gasteiger partial charge in [0, 0.05) is 0 Å². The van der Waals surface area contributed by atoms with Crippen LogP contribution in [0.15, 0.2) is 46.0 Å². The lowest BCUT2D eigenvalue weighted by molar-refractivity contribution is -0.245. The van der Waals surface area contributed by atoms with Crippen LogP contribution in [0.5, 0.6) is 0 Å². The van der Waals surface area contributed by atoms with Crippen LogP contribution in [0.3, 0.4) is 0 Å². The molecule has 6 saturated heterocycles. The normalized spacial score (nSPS) is 37.4. The highest BCUT2D eigenvalue weighted by Gasteiger charge is 2.55. The number of nitrogens with one attached hydrogen (secondary N) is 3. The van der Waals surface area contributed by atoms with Gasteiger partial charge in [-0.25, -0.2) is 34.5 Å². The zero-order valence-electron chi connectivity index (χ0n) is 45.1. The molecule has 4 unspecified atom stereocenters. The van der Waals surface area contributed by atoms with Gasteiger partial charge in [0.15, 0.2) is 69.9 Å². The summed E-state index contributed by atoms with van der Waals surface area (Å²) in [5.74, 6) is -0.866. The molecule has 0 aliphatic carbocycles. The highest BCUT2D eigenvalue weighted by molar-refractivity contribution is 7.47. The molecule has 20 atom stereocenters. The maximum Gasteiger partial charge on any atom is 0.472 e. The third kappa shape index (κ3) is 11.8. The third-order valence-corrected chi connectivity index (χ3v) is 18.6. The van der Waals surface area contributed by atoms with E-state index in [2.05, 4.69) is 59.8 Å². The Balaban J connectivity index is 0.000000167. The fourth-order valence-electron chi connectivity index (χ4n) is 10.7. The average Bonchev–Trinajstić information content (AvgIpc) is 1.64. The van der Waals surface area contributed by atoms with Crippen molar-refractivity contribution in [3.05, 3.63) is 62.7 Å². The molecule has 91 heavy (non-hydrogen) atoms. The van der Waals surface area contributed by atoms with Gasteiger partial charge in [-0.05, 0) is 0 Å². The lowest BCUT2D eigenvalue weighted by Crippen LogP contribution is -2.41. The van der Waals surface area contributed by atoms with Gasteiger partial charge in [-0.1, -0.05) is 0 Å². The molecule has 0 saturated carbocycles. The number of hydrogen-bond acceptors (Lipinski definition) is 39. The minimum Gasteiger partial charge on any atom is -0.756 e. The molecule has 8 aromatic rings. The van der Waals surface area contributed by atoms with Crippen LogP contribution in [0.1, 0.15) is 24.9 Å². The highest BCUT2D eigenvalue weighted by atomic mass is 31.2. The Morgan fingerprint density at radius 2 is 0.780 bits per heavy atom. The van der Waals surface area contributed by atoms with Gasteiger partial charge in [0.2, 0.25) is 17.8 Å². The summed E-state index contributed by atoms with van der Waals surface area (Å²) < 4.78 is 120. The third-order valence-electron chi connectivity index (χ3n) is 14.7. The number of aromatic nitrogens is 16. The van der Waals surface area contributed by atoms with Crippen LogP contribution in [-0.4, -0.2) is 203 Å². The molecule has 6 aliphatic rings. The summed E-state index contributed by atoms with van der Waals surface area (Å²) in [7, 11) is -21.2. The van der Waals surface area contributed by atoms with Crippen LogP contribution in [0.25, 0.3) is 44.7 Å². The van der Waals surface area contributed by atoms with Crippen molar-refractivity contribution < 1.29 is 113 Å². The monoisotopic (exact) mass is 1360 g/mol. The topological polar surface area (TPSA) is 688 Å². The number of aliphatic hydroxyl groups is 4. The number of fused-ring (bicyclic) bond motifs is 9. The predicted octanol–water partition coefficient (Wildman–Crippen LogP) is -7.29. The fraction of sp³-hybridized carbons (Fsp3) is 0.500. The van der Waals surface area contributed by atoms with Crippen molar-refractivity contribution in [1.82, 2.24) is 78.1 Å². The Labute approximate surface area is 500 Å². The second-order valence-electron chi connectivity index (χ2n) is 20.4. The van der Waals surface area contributed by atoms with E-state index in [0.717, 1.165) is 39.0 Å². The van der Waals surface area contributed by atoms with E-state index in [1.807, 2.05) is 0 Å². The molecule has 0 radical (unpaired) electrons. The van der Waals surface area contributed by atoms with Gasteiger partial charge >= 0.3 is 7.82 Å². The number of hydrogen-bond donors (Lipinski definition) is 12. The number of nitrogens with two attached hydrogens (primary N) is 4. The van der Waals surface area contributed by atoms with Crippen molar-refractivity contribution >= 4 is 99.6 Å². The first kappa shape index (κ1) is 62.7. The second kappa shape index (κ2) is 23.2. The molecule has 47 nitrogen and oxygen atoms in total. The van der Waals surface area contributed by atoms with E-state index in [-0.39, 0.29) is 68.3 Å². The van der Waals surface area contributed by atoms with Crippen LogP contribution in [0.4, 0.5) is 23.7 Å². The molecule has 8 aromatic heterocycles. The van der Waals surface area contributed by atoms with Gasteiger partial charge in [-0.2, -0.15) is 15.0 Å². The molecule has 0 amide bonds. The largest absolute Gasteiger partial charge is 0.756 e. The number of aromatic amines is 3. The first-order valence-corrected chi connectivity index (χ1v) is 31.9. The maximum absolute atomic E-state index is 13.2. The zero-order valence-corrected chi connectivity index (χ0v) is 48.7.